The van der Waals surface area contributed by atoms with E-state index in [-0.39, 0.29) is 17.3 Å². The summed E-state index contributed by atoms with van der Waals surface area (Å²) in [7, 11) is 1.63. The molecule has 23 heavy (non-hydrogen) atoms. The lowest BCUT2D eigenvalue weighted by Crippen LogP contribution is -2.60. The summed E-state index contributed by atoms with van der Waals surface area (Å²) in [5.41, 5.74) is 5.87. The number of primary amides is 1. The van der Waals surface area contributed by atoms with Gasteiger partial charge in [-0.3, -0.25) is 9.48 Å². The minimum absolute atomic E-state index is 0.0616. The van der Waals surface area contributed by atoms with E-state index >= 15 is 0 Å². The number of nitrogens with one attached hydrogen (secondary N) is 2. The smallest absolute Gasteiger partial charge is 0.319 e. The quantitative estimate of drug-likeness (QED) is 0.789. The Hall–Kier alpha value is -2.05. The van der Waals surface area contributed by atoms with Crippen LogP contribution in [0.25, 0.3) is 0 Å². The lowest BCUT2D eigenvalue weighted by molar-refractivity contribution is -0.0127. The zero-order valence-electron chi connectivity index (χ0n) is 13.3. The molecule has 0 radical (unpaired) electrons. The number of carbonyl (C=O) groups is 2. The van der Waals surface area contributed by atoms with Gasteiger partial charge in [-0.25, -0.2) is 4.79 Å². The highest BCUT2D eigenvalue weighted by Gasteiger charge is 2.51. The summed E-state index contributed by atoms with van der Waals surface area (Å²) in [6.45, 7) is 0. The summed E-state index contributed by atoms with van der Waals surface area (Å²) in [5, 5.41) is 9.95. The molecule has 4 bridgehead atoms. The molecule has 4 aliphatic carbocycles. The van der Waals surface area contributed by atoms with Crippen LogP contribution in [0.4, 0.5) is 10.5 Å². The lowest BCUT2D eigenvalue weighted by atomic mass is 9.53. The SMILES string of the molecule is Cn1ncc(NC(=O)NC23CC4CC(CC(C4)C2)C3)c1C(N)=O. The third-order valence-corrected chi connectivity index (χ3v) is 5.84. The largest absolute Gasteiger partial charge is 0.364 e. The van der Waals surface area contributed by atoms with Gasteiger partial charge >= 0.3 is 6.03 Å². The summed E-state index contributed by atoms with van der Waals surface area (Å²) in [6, 6.07) is -0.262. The van der Waals surface area contributed by atoms with Crippen LogP contribution in [0.1, 0.15) is 49.0 Å². The molecule has 0 unspecified atom stereocenters. The third kappa shape index (κ3) is 2.48. The van der Waals surface area contributed by atoms with E-state index in [0.29, 0.717) is 5.69 Å². The molecule has 4 saturated carbocycles. The molecular formula is C16H23N5O2. The van der Waals surface area contributed by atoms with Gasteiger partial charge in [0.2, 0.25) is 0 Å². The fourth-order valence-corrected chi connectivity index (χ4v) is 5.48. The van der Waals surface area contributed by atoms with Crippen LogP contribution in [-0.2, 0) is 7.05 Å². The predicted octanol–water partition coefficient (Wildman–Crippen LogP) is 1.61. The molecule has 124 valence electrons. The number of rotatable bonds is 3. The number of anilines is 1. The molecule has 1 heterocycles. The Morgan fingerprint density at radius 1 is 1.22 bits per heavy atom. The molecule has 0 saturated heterocycles. The van der Waals surface area contributed by atoms with Crippen LogP contribution in [0.3, 0.4) is 0 Å². The summed E-state index contributed by atoms with van der Waals surface area (Å²) in [4.78, 5) is 24.0. The fraction of sp³-hybridized carbons (Fsp3) is 0.688. The van der Waals surface area contributed by atoms with Gasteiger partial charge in [-0.15, -0.1) is 0 Å². The van der Waals surface area contributed by atoms with Crippen molar-refractivity contribution in [3.63, 3.8) is 0 Å². The van der Waals surface area contributed by atoms with E-state index in [1.165, 1.54) is 30.1 Å². The summed E-state index contributed by atoms with van der Waals surface area (Å²) < 4.78 is 1.38. The Labute approximate surface area is 135 Å². The molecule has 5 rings (SSSR count). The zero-order valence-corrected chi connectivity index (χ0v) is 13.3. The number of urea groups is 1. The third-order valence-electron chi connectivity index (χ3n) is 5.84. The first-order chi connectivity index (χ1) is 10.9. The first kappa shape index (κ1) is 14.5. The standard InChI is InChI=1S/C16H23N5O2/c1-21-13(14(17)22)12(8-18-21)19-15(23)20-16-5-9-2-10(6-16)4-11(3-9)7-16/h8-11H,2-7H2,1H3,(H2,17,22)(H2,19,20,23). The van der Waals surface area contributed by atoms with Gasteiger partial charge in [0, 0.05) is 12.6 Å². The molecule has 3 amide bonds. The number of aromatic nitrogens is 2. The first-order valence-electron chi connectivity index (χ1n) is 8.35. The minimum Gasteiger partial charge on any atom is -0.364 e. The minimum atomic E-state index is -0.602. The zero-order chi connectivity index (χ0) is 16.2. The number of amides is 3. The maximum absolute atomic E-state index is 12.5. The highest BCUT2D eigenvalue weighted by molar-refractivity contribution is 6.01. The predicted molar refractivity (Wildman–Crippen MR) is 84.8 cm³/mol. The number of hydrogen-bond acceptors (Lipinski definition) is 3. The van der Waals surface area contributed by atoms with Crippen molar-refractivity contribution >= 4 is 17.6 Å². The monoisotopic (exact) mass is 317 g/mol. The maximum Gasteiger partial charge on any atom is 0.319 e. The summed E-state index contributed by atoms with van der Waals surface area (Å²) in [5.74, 6) is 1.69. The number of nitrogens with two attached hydrogens (primary N) is 1. The van der Waals surface area contributed by atoms with Crippen molar-refractivity contribution in [1.29, 1.82) is 0 Å². The number of carbonyl (C=O) groups excluding carboxylic acids is 2. The van der Waals surface area contributed by atoms with Crippen LogP contribution in [0.15, 0.2) is 6.20 Å². The average molecular weight is 317 g/mol. The molecule has 4 fully saturated rings. The van der Waals surface area contributed by atoms with E-state index in [1.807, 2.05) is 0 Å². The Bertz CT molecular complexity index is 630. The molecule has 7 nitrogen and oxygen atoms in total. The van der Waals surface area contributed by atoms with Crippen molar-refractivity contribution in [3.8, 4) is 0 Å². The van der Waals surface area contributed by atoms with E-state index in [4.69, 9.17) is 5.73 Å². The second-order valence-corrected chi connectivity index (χ2v) is 7.67. The van der Waals surface area contributed by atoms with E-state index < -0.39 is 5.91 Å². The van der Waals surface area contributed by atoms with Gasteiger partial charge in [-0.05, 0) is 56.3 Å². The Balaban J connectivity index is 1.48. The maximum atomic E-state index is 12.5. The molecule has 1 aromatic heterocycles. The molecule has 0 spiro atoms. The molecule has 4 aliphatic rings. The second-order valence-electron chi connectivity index (χ2n) is 7.67. The molecule has 0 aromatic carbocycles. The van der Waals surface area contributed by atoms with Gasteiger partial charge in [0.25, 0.3) is 5.91 Å². The van der Waals surface area contributed by atoms with Crippen LogP contribution < -0.4 is 16.4 Å². The fourth-order valence-electron chi connectivity index (χ4n) is 5.48. The Morgan fingerprint density at radius 2 is 1.78 bits per heavy atom. The van der Waals surface area contributed by atoms with Gasteiger partial charge in [0.05, 0.1) is 11.9 Å². The molecule has 1 aromatic rings. The second kappa shape index (κ2) is 4.97. The van der Waals surface area contributed by atoms with Crippen molar-refractivity contribution in [2.24, 2.45) is 30.5 Å². The van der Waals surface area contributed by atoms with Crippen molar-refractivity contribution in [3.05, 3.63) is 11.9 Å². The van der Waals surface area contributed by atoms with E-state index in [2.05, 4.69) is 15.7 Å². The highest BCUT2D eigenvalue weighted by Crippen LogP contribution is 2.55. The van der Waals surface area contributed by atoms with Crippen LogP contribution in [0.2, 0.25) is 0 Å². The normalized spacial score (nSPS) is 34.4. The number of aryl methyl sites for hydroxylation is 1. The van der Waals surface area contributed by atoms with E-state index in [0.717, 1.165) is 37.0 Å². The highest BCUT2D eigenvalue weighted by atomic mass is 16.2. The molecule has 0 atom stereocenters. The van der Waals surface area contributed by atoms with Crippen molar-refractivity contribution in [2.75, 3.05) is 5.32 Å². The van der Waals surface area contributed by atoms with E-state index in [1.54, 1.807) is 7.05 Å². The van der Waals surface area contributed by atoms with Crippen molar-refractivity contribution < 1.29 is 9.59 Å². The van der Waals surface area contributed by atoms with Crippen LogP contribution in [-0.4, -0.2) is 27.3 Å². The van der Waals surface area contributed by atoms with E-state index in [9.17, 15) is 9.59 Å². The van der Waals surface area contributed by atoms with Gasteiger partial charge in [-0.1, -0.05) is 0 Å². The first-order valence-corrected chi connectivity index (χ1v) is 8.35. The molecular weight excluding hydrogens is 294 g/mol. The van der Waals surface area contributed by atoms with Gasteiger partial charge in [-0.2, -0.15) is 5.10 Å². The van der Waals surface area contributed by atoms with Crippen molar-refractivity contribution in [2.45, 2.75) is 44.1 Å². The Kier molecular flexibility index (Phi) is 3.14. The van der Waals surface area contributed by atoms with Crippen LogP contribution in [0.5, 0.6) is 0 Å². The van der Waals surface area contributed by atoms with Gasteiger partial charge < -0.3 is 16.4 Å². The molecule has 4 N–H and O–H groups in total. The van der Waals surface area contributed by atoms with Crippen LogP contribution in [0, 0.1) is 17.8 Å². The summed E-state index contributed by atoms with van der Waals surface area (Å²) in [6.07, 6.45) is 8.71. The van der Waals surface area contributed by atoms with Crippen LogP contribution >= 0.6 is 0 Å². The average Bonchev–Trinajstić information content (AvgIpc) is 2.77. The summed E-state index contributed by atoms with van der Waals surface area (Å²) >= 11 is 0. The Morgan fingerprint density at radius 3 is 2.30 bits per heavy atom. The lowest BCUT2D eigenvalue weighted by Gasteiger charge is -2.56. The molecule has 0 aliphatic heterocycles. The molecule has 7 heteroatoms. The topological polar surface area (TPSA) is 102 Å². The van der Waals surface area contributed by atoms with Crippen molar-refractivity contribution in [1.82, 2.24) is 15.1 Å². The number of nitrogens with zero attached hydrogens (tertiary/aromatic N) is 2. The van der Waals surface area contributed by atoms with Gasteiger partial charge in [0.15, 0.2) is 0 Å². The van der Waals surface area contributed by atoms with Gasteiger partial charge in [0.1, 0.15) is 5.69 Å². The number of hydrogen-bond donors (Lipinski definition) is 3.